The molecule has 0 aliphatic carbocycles. The van der Waals surface area contributed by atoms with Gasteiger partial charge in [-0.3, -0.25) is 4.99 Å². The molecular formula is C7H14N2O. The lowest BCUT2D eigenvalue weighted by Gasteiger charge is -2.27. The molecule has 0 aromatic carbocycles. The molecule has 0 amide bonds. The van der Waals surface area contributed by atoms with Crippen LogP contribution >= 0.6 is 0 Å². The van der Waals surface area contributed by atoms with E-state index in [4.69, 9.17) is 4.74 Å². The van der Waals surface area contributed by atoms with Gasteiger partial charge in [-0.15, -0.1) is 0 Å². The van der Waals surface area contributed by atoms with E-state index in [0.717, 1.165) is 32.1 Å². The Bertz CT molecular complexity index is 128. The van der Waals surface area contributed by atoms with Crippen LogP contribution in [0.5, 0.6) is 0 Å². The predicted octanol–water partition coefficient (Wildman–Crippen LogP) is 0.367. The fourth-order valence-corrected chi connectivity index (χ4v) is 1.03. The summed E-state index contributed by atoms with van der Waals surface area (Å²) in [5, 5.41) is 0. The molecule has 0 aromatic heterocycles. The van der Waals surface area contributed by atoms with Gasteiger partial charge in [0.1, 0.15) is 0 Å². The van der Waals surface area contributed by atoms with Crippen LogP contribution in [0.15, 0.2) is 4.99 Å². The monoisotopic (exact) mass is 142 g/mol. The van der Waals surface area contributed by atoms with E-state index < -0.39 is 0 Å². The van der Waals surface area contributed by atoms with Gasteiger partial charge in [0.05, 0.1) is 19.0 Å². The third-order valence-corrected chi connectivity index (χ3v) is 1.79. The standard InChI is InChI=1S/C7H14N2O/c1-7(8-2)9-3-5-10-6-4-9/h3-6H2,1-2H3. The quantitative estimate of drug-likeness (QED) is 0.360. The van der Waals surface area contributed by atoms with Crippen molar-refractivity contribution in [1.29, 1.82) is 0 Å². The molecule has 1 fully saturated rings. The summed E-state index contributed by atoms with van der Waals surface area (Å²) in [5.41, 5.74) is 0. The third kappa shape index (κ3) is 1.70. The number of morpholine rings is 1. The normalized spacial score (nSPS) is 21.4. The second-order valence-electron chi connectivity index (χ2n) is 2.37. The summed E-state index contributed by atoms with van der Waals surface area (Å²) in [7, 11) is 1.82. The van der Waals surface area contributed by atoms with Crippen LogP contribution in [-0.4, -0.2) is 44.1 Å². The first-order valence-corrected chi connectivity index (χ1v) is 3.60. The van der Waals surface area contributed by atoms with Crippen LogP contribution in [0.25, 0.3) is 0 Å². The maximum Gasteiger partial charge on any atom is 0.0955 e. The number of hydrogen-bond acceptors (Lipinski definition) is 2. The van der Waals surface area contributed by atoms with Gasteiger partial charge in [0, 0.05) is 20.1 Å². The molecule has 0 bridgehead atoms. The van der Waals surface area contributed by atoms with Crippen LogP contribution in [0, 0.1) is 0 Å². The molecule has 1 aliphatic rings. The smallest absolute Gasteiger partial charge is 0.0955 e. The maximum absolute atomic E-state index is 5.20. The van der Waals surface area contributed by atoms with E-state index in [0.29, 0.717) is 0 Å². The lowest BCUT2D eigenvalue weighted by molar-refractivity contribution is 0.0678. The zero-order valence-electron chi connectivity index (χ0n) is 6.63. The van der Waals surface area contributed by atoms with Crippen molar-refractivity contribution in [2.45, 2.75) is 6.92 Å². The van der Waals surface area contributed by atoms with Gasteiger partial charge in [0.25, 0.3) is 0 Å². The molecule has 1 aliphatic heterocycles. The molecule has 3 heteroatoms. The van der Waals surface area contributed by atoms with Crippen LogP contribution in [0.3, 0.4) is 0 Å². The van der Waals surface area contributed by atoms with Crippen LogP contribution in [0.2, 0.25) is 0 Å². The van der Waals surface area contributed by atoms with E-state index in [2.05, 4.69) is 9.89 Å². The first-order chi connectivity index (χ1) is 4.84. The number of rotatable bonds is 0. The van der Waals surface area contributed by atoms with Crippen LogP contribution in [0.1, 0.15) is 6.92 Å². The highest BCUT2D eigenvalue weighted by atomic mass is 16.5. The molecule has 3 nitrogen and oxygen atoms in total. The average molecular weight is 142 g/mol. The summed E-state index contributed by atoms with van der Waals surface area (Å²) >= 11 is 0. The summed E-state index contributed by atoms with van der Waals surface area (Å²) in [5.74, 6) is 1.11. The summed E-state index contributed by atoms with van der Waals surface area (Å²) < 4.78 is 5.20. The van der Waals surface area contributed by atoms with Gasteiger partial charge in [-0.1, -0.05) is 0 Å². The number of aliphatic imine (C=N–C) groups is 1. The number of hydrogen-bond donors (Lipinski definition) is 0. The molecule has 0 saturated carbocycles. The SMILES string of the molecule is CN=C(C)N1CCOCC1. The van der Waals surface area contributed by atoms with E-state index in [1.54, 1.807) is 0 Å². The van der Waals surface area contributed by atoms with E-state index in [1.165, 1.54) is 0 Å². The lowest BCUT2D eigenvalue weighted by atomic mass is 10.4. The van der Waals surface area contributed by atoms with Crippen molar-refractivity contribution < 1.29 is 4.74 Å². The minimum absolute atomic E-state index is 0.840. The predicted molar refractivity (Wildman–Crippen MR) is 41.4 cm³/mol. The molecule has 1 heterocycles. The van der Waals surface area contributed by atoms with Gasteiger partial charge in [0.2, 0.25) is 0 Å². The zero-order chi connectivity index (χ0) is 7.40. The van der Waals surface area contributed by atoms with E-state index in [-0.39, 0.29) is 0 Å². The maximum atomic E-state index is 5.20. The van der Waals surface area contributed by atoms with Crippen molar-refractivity contribution in [2.75, 3.05) is 33.4 Å². The van der Waals surface area contributed by atoms with Crippen molar-refractivity contribution in [3.63, 3.8) is 0 Å². The Morgan fingerprint density at radius 3 is 2.50 bits per heavy atom. The van der Waals surface area contributed by atoms with Gasteiger partial charge < -0.3 is 9.64 Å². The number of nitrogens with zero attached hydrogens (tertiary/aromatic N) is 2. The Labute approximate surface area is 61.7 Å². The first kappa shape index (κ1) is 7.54. The van der Waals surface area contributed by atoms with Gasteiger partial charge in [-0.05, 0) is 6.92 Å². The summed E-state index contributed by atoms with van der Waals surface area (Å²) in [6, 6.07) is 0. The van der Waals surface area contributed by atoms with Crippen molar-refractivity contribution in [3.05, 3.63) is 0 Å². The molecule has 0 radical (unpaired) electrons. The molecule has 0 atom stereocenters. The van der Waals surface area contributed by atoms with Crippen molar-refractivity contribution in [2.24, 2.45) is 4.99 Å². The van der Waals surface area contributed by atoms with Gasteiger partial charge in [0.15, 0.2) is 0 Å². The Morgan fingerprint density at radius 2 is 2.00 bits per heavy atom. The Morgan fingerprint density at radius 1 is 1.40 bits per heavy atom. The lowest BCUT2D eigenvalue weighted by Crippen LogP contribution is -2.39. The first-order valence-electron chi connectivity index (χ1n) is 3.60. The molecule has 1 rings (SSSR count). The van der Waals surface area contributed by atoms with Gasteiger partial charge >= 0.3 is 0 Å². The van der Waals surface area contributed by atoms with E-state index in [9.17, 15) is 0 Å². The summed E-state index contributed by atoms with van der Waals surface area (Å²) in [6.07, 6.45) is 0. The average Bonchev–Trinajstić information content (AvgIpc) is 2.05. The Kier molecular flexibility index (Phi) is 2.68. The largest absolute Gasteiger partial charge is 0.378 e. The zero-order valence-corrected chi connectivity index (χ0v) is 6.63. The molecule has 58 valence electrons. The van der Waals surface area contributed by atoms with E-state index >= 15 is 0 Å². The number of amidine groups is 1. The Balaban J connectivity index is 2.39. The minimum Gasteiger partial charge on any atom is -0.378 e. The van der Waals surface area contributed by atoms with Gasteiger partial charge in [-0.2, -0.15) is 0 Å². The summed E-state index contributed by atoms with van der Waals surface area (Å²) in [4.78, 5) is 6.34. The van der Waals surface area contributed by atoms with Crippen molar-refractivity contribution in [3.8, 4) is 0 Å². The molecule has 0 spiro atoms. The molecule has 0 N–H and O–H groups in total. The second kappa shape index (κ2) is 3.56. The van der Waals surface area contributed by atoms with Gasteiger partial charge in [-0.25, -0.2) is 0 Å². The number of ether oxygens (including phenoxy) is 1. The molecule has 0 aromatic rings. The second-order valence-corrected chi connectivity index (χ2v) is 2.37. The minimum atomic E-state index is 0.840. The highest BCUT2D eigenvalue weighted by Crippen LogP contribution is 1.97. The fraction of sp³-hybridized carbons (Fsp3) is 0.857. The van der Waals surface area contributed by atoms with E-state index in [1.807, 2.05) is 14.0 Å². The molecule has 0 unspecified atom stereocenters. The molecule has 1 saturated heterocycles. The topological polar surface area (TPSA) is 24.8 Å². The summed E-state index contributed by atoms with van der Waals surface area (Å²) in [6.45, 7) is 5.69. The third-order valence-electron chi connectivity index (χ3n) is 1.79. The van der Waals surface area contributed by atoms with Crippen LogP contribution in [0.4, 0.5) is 0 Å². The molecular weight excluding hydrogens is 128 g/mol. The fourth-order valence-electron chi connectivity index (χ4n) is 1.03. The Hall–Kier alpha value is -0.570. The van der Waals surface area contributed by atoms with Crippen molar-refractivity contribution in [1.82, 2.24) is 4.90 Å². The van der Waals surface area contributed by atoms with Crippen LogP contribution in [-0.2, 0) is 4.74 Å². The highest BCUT2D eigenvalue weighted by molar-refractivity contribution is 5.79. The molecule has 10 heavy (non-hydrogen) atoms. The van der Waals surface area contributed by atoms with Crippen molar-refractivity contribution >= 4 is 5.84 Å². The highest BCUT2D eigenvalue weighted by Gasteiger charge is 2.09. The van der Waals surface area contributed by atoms with Crippen LogP contribution < -0.4 is 0 Å².